The number of piperidine rings is 1. The molecule has 2 heterocycles. The number of rotatable bonds is 5. The Bertz CT molecular complexity index is 809. The maximum absolute atomic E-state index is 13.8. The predicted octanol–water partition coefficient (Wildman–Crippen LogP) is 4.18. The van der Waals surface area contributed by atoms with Crippen LogP contribution in [-0.2, 0) is 11.3 Å². The molecule has 0 atom stereocenters. The average molecular weight is 367 g/mol. The van der Waals surface area contributed by atoms with Crippen LogP contribution in [0.5, 0.6) is 0 Å². The summed E-state index contributed by atoms with van der Waals surface area (Å²) in [7, 11) is 0. The molecule has 0 saturated carbocycles. The van der Waals surface area contributed by atoms with Crippen molar-refractivity contribution in [1.29, 1.82) is 0 Å². The van der Waals surface area contributed by atoms with Crippen molar-refractivity contribution in [2.75, 3.05) is 18.0 Å². The molecular formula is C22H26FN3O. The summed E-state index contributed by atoms with van der Waals surface area (Å²) >= 11 is 0. The molecule has 0 unspecified atom stereocenters. The number of carbonyl (C=O) groups excluding carboxylic acids is 1. The van der Waals surface area contributed by atoms with Crippen molar-refractivity contribution in [3.63, 3.8) is 0 Å². The number of hydrogen-bond acceptors (Lipinski definition) is 3. The van der Waals surface area contributed by atoms with E-state index in [0.29, 0.717) is 17.7 Å². The van der Waals surface area contributed by atoms with Crippen LogP contribution in [0.2, 0.25) is 0 Å². The number of benzene rings is 1. The molecule has 1 aromatic heterocycles. The van der Waals surface area contributed by atoms with E-state index < -0.39 is 0 Å². The minimum Gasteiger partial charge on any atom is -0.357 e. The molecular weight excluding hydrogens is 341 g/mol. The van der Waals surface area contributed by atoms with Gasteiger partial charge in [-0.15, -0.1) is 0 Å². The van der Waals surface area contributed by atoms with Gasteiger partial charge in [0.1, 0.15) is 11.6 Å². The van der Waals surface area contributed by atoms with Crippen LogP contribution in [0.15, 0.2) is 48.7 Å². The van der Waals surface area contributed by atoms with E-state index in [9.17, 15) is 9.18 Å². The number of hydrogen-bond donors (Lipinski definition) is 1. The van der Waals surface area contributed by atoms with Gasteiger partial charge in [-0.05, 0) is 49.0 Å². The van der Waals surface area contributed by atoms with Gasteiger partial charge >= 0.3 is 0 Å². The third-order valence-corrected chi connectivity index (χ3v) is 5.03. The molecule has 1 fully saturated rings. The Labute approximate surface area is 160 Å². The zero-order valence-corrected chi connectivity index (χ0v) is 15.9. The number of amides is 1. The third kappa shape index (κ3) is 5.16. The molecule has 1 aliphatic rings. The highest BCUT2D eigenvalue weighted by atomic mass is 19.1. The fourth-order valence-electron chi connectivity index (χ4n) is 3.24. The summed E-state index contributed by atoms with van der Waals surface area (Å²) in [5.41, 5.74) is 1.97. The lowest BCUT2D eigenvalue weighted by Crippen LogP contribution is -2.33. The van der Waals surface area contributed by atoms with E-state index >= 15 is 0 Å². The normalized spacial score (nSPS) is 15.7. The van der Waals surface area contributed by atoms with Crippen LogP contribution < -0.4 is 10.2 Å². The van der Waals surface area contributed by atoms with Crippen molar-refractivity contribution in [3.05, 3.63) is 65.6 Å². The van der Waals surface area contributed by atoms with Gasteiger partial charge in [0.15, 0.2) is 0 Å². The zero-order chi connectivity index (χ0) is 19.2. The Morgan fingerprint density at radius 1 is 1.26 bits per heavy atom. The van der Waals surface area contributed by atoms with E-state index in [1.54, 1.807) is 31.3 Å². The maximum atomic E-state index is 13.8. The molecule has 1 aromatic carbocycles. The van der Waals surface area contributed by atoms with Crippen molar-refractivity contribution in [1.82, 2.24) is 10.3 Å². The summed E-state index contributed by atoms with van der Waals surface area (Å²) in [5.74, 6) is 1.21. The molecule has 3 rings (SSSR count). The van der Waals surface area contributed by atoms with Gasteiger partial charge in [-0.2, -0.15) is 0 Å². The number of halogens is 1. The zero-order valence-electron chi connectivity index (χ0n) is 15.9. The van der Waals surface area contributed by atoms with Crippen molar-refractivity contribution in [3.8, 4) is 0 Å². The summed E-state index contributed by atoms with van der Waals surface area (Å²) in [5, 5.41) is 2.83. The van der Waals surface area contributed by atoms with Crippen LogP contribution in [0.1, 0.15) is 37.8 Å². The standard InChI is InChI=1S/C22H26FN3O/c1-16-9-11-26(12-10-16)21-8-7-18(14-24-21)15-25-22(27)13-17(2)19-5-3-4-6-20(19)23/h3-8,13-14,16H,9-12,15H2,1-2H3,(H,25,27). The second kappa shape index (κ2) is 8.80. The summed E-state index contributed by atoms with van der Waals surface area (Å²) in [6.07, 6.45) is 5.64. The molecule has 1 aliphatic heterocycles. The lowest BCUT2D eigenvalue weighted by Gasteiger charge is -2.31. The number of carbonyl (C=O) groups is 1. The highest BCUT2D eigenvalue weighted by Gasteiger charge is 2.16. The number of nitrogens with one attached hydrogen (secondary N) is 1. The van der Waals surface area contributed by atoms with E-state index in [-0.39, 0.29) is 11.7 Å². The minimum absolute atomic E-state index is 0.246. The molecule has 5 heteroatoms. The number of pyridine rings is 1. The van der Waals surface area contributed by atoms with Gasteiger partial charge in [0.25, 0.3) is 0 Å². The smallest absolute Gasteiger partial charge is 0.244 e. The van der Waals surface area contributed by atoms with Crippen molar-refractivity contribution in [2.45, 2.75) is 33.2 Å². The Balaban J connectivity index is 1.54. The van der Waals surface area contributed by atoms with Gasteiger partial charge in [0.05, 0.1) is 0 Å². The minimum atomic E-state index is -0.328. The summed E-state index contributed by atoms with van der Waals surface area (Å²) in [6.45, 7) is 6.51. The van der Waals surface area contributed by atoms with Crippen LogP contribution in [0.4, 0.5) is 10.2 Å². The van der Waals surface area contributed by atoms with Gasteiger partial charge in [0.2, 0.25) is 5.91 Å². The Hall–Kier alpha value is -2.69. The highest BCUT2D eigenvalue weighted by molar-refractivity contribution is 5.94. The topological polar surface area (TPSA) is 45.2 Å². The molecule has 1 N–H and O–H groups in total. The van der Waals surface area contributed by atoms with E-state index in [2.05, 4.69) is 22.1 Å². The first-order valence-corrected chi connectivity index (χ1v) is 9.44. The lowest BCUT2D eigenvalue weighted by atomic mass is 9.99. The molecule has 142 valence electrons. The van der Waals surface area contributed by atoms with Crippen LogP contribution >= 0.6 is 0 Å². The predicted molar refractivity (Wildman–Crippen MR) is 107 cm³/mol. The van der Waals surface area contributed by atoms with Crippen LogP contribution in [0, 0.1) is 11.7 Å². The van der Waals surface area contributed by atoms with E-state index in [1.165, 1.54) is 25.0 Å². The van der Waals surface area contributed by atoms with E-state index in [4.69, 9.17) is 0 Å². The summed E-state index contributed by atoms with van der Waals surface area (Å²) in [6, 6.07) is 10.4. The first-order valence-electron chi connectivity index (χ1n) is 9.44. The second-order valence-corrected chi connectivity index (χ2v) is 7.22. The number of nitrogens with zero attached hydrogens (tertiary/aromatic N) is 2. The van der Waals surface area contributed by atoms with Crippen molar-refractivity contribution < 1.29 is 9.18 Å². The van der Waals surface area contributed by atoms with Crippen LogP contribution in [-0.4, -0.2) is 24.0 Å². The fraction of sp³-hybridized carbons (Fsp3) is 0.364. The first kappa shape index (κ1) is 19.1. The molecule has 0 radical (unpaired) electrons. The molecule has 2 aromatic rings. The summed E-state index contributed by atoms with van der Waals surface area (Å²) < 4.78 is 13.8. The largest absolute Gasteiger partial charge is 0.357 e. The molecule has 4 nitrogen and oxygen atoms in total. The number of anilines is 1. The maximum Gasteiger partial charge on any atom is 0.244 e. The fourth-order valence-corrected chi connectivity index (χ4v) is 3.24. The lowest BCUT2D eigenvalue weighted by molar-refractivity contribution is -0.116. The van der Waals surface area contributed by atoms with Crippen molar-refractivity contribution >= 4 is 17.3 Å². The van der Waals surface area contributed by atoms with Gasteiger partial charge < -0.3 is 10.2 Å². The quantitative estimate of drug-likeness (QED) is 0.807. The molecule has 1 amide bonds. The van der Waals surface area contributed by atoms with Crippen molar-refractivity contribution in [2.24, 2.45) is 5.92 Å². The van der Waals surface area contributed by atoms with Crippen LogP contribution in [0.3, 0.4) is 0 Å². The van der Waals surface area contributed by atoms with Gasteiger partial charge in [0, 0.05) is 37.5 Å². The molecule has 1 saturated heterocycles. The van der Waals surface area contributed by atoms with Crippen LogP contribution in [0.25, 0.3) is 5.57 Å². The second-order valence-electron chi connectivity index (χ2n) is 7.22. The van der Waals surface area contributed by atoms with Gasteiger partial charge in [-0.25, -0.2) is 9.37 Å². The Kier molecular flexibility index (Phi) is 6.22. The molecule has 27 heavy (non-hydrogen) atoms. The highest BCUT2D eigenvalue weighted by Crippen LogP contribution is 2.21. The van der Waals surface area contributed by atoms with Gasteiger partial charge in [-0.1, -0.05) is 31.2 Å². The Morgan fingerprint density at radius 2 is 2.00 bits per heavy atom. The average Bonchev–Trinajstić information content (AvgIpc) is 2.68. The summed E-state index contributed by atoms with van der Waals surface area (Å²) in [4.78, 5) is 19.0. The monoisotopic (exact) mass is 367 g/mol. The SMILES string of the molecule is CC(=CC(=O)NCc1ccc(N2CCC(C)CC2)nc1)c1ccccc1F. The van der Waals surface area contributed by atoms with Gasteiger partial charge in [-0.3, -0.25) is 4.79 Å². The third-order valence-electron chi connectivity index (χ3n) is 5.03. The molecule has 0 aliphatic carbocycles. The van der Waals surface area contributed by atoms with E-state index in [0.717, 1.165) is 30.4 Å². The molecule has 0 spiro atoms. The Morgan fingerprint density at radius 3 is 2.67 bits per heavy atom. The first-order chi connectivity index (χ1) is 13.0. The van der Waals surface area contributed by atoms with E-state index in [1.807, 2.05) is 12.1 Å². The molecule has 0 bridgehead atoms. The number of aromatic nitrogens is 1. The number of allylic oxidation sites excluding steroid dienone is 1.